The van der Waals surface area contributed by atoms with Crippen LogP contribution >= 0.6 is 0 Å². The fraction of sp³-hybridized carbons (Fsp3) is 0.118. The van der Waals surface area contributed by atoms with E-state index in [0.29, 0.717) is 11.3 Å². The van der Waals surface area contributed by atoms with Crippen LogP contribution < -0.4 is 5.32 Å². The van der Waals surface area contributed by atoms with Gasteiger partial charge in [0.05, 0.1) is 21.6 Å². The molecule has 1 N–H and O–H groups in total. The molecule has 0 fully saturated rings. The van der Waals surface area contributed by atoms with Gasteiger partial charge in [-0.15, -0.1) is 0 Å². The molecule has 10 nitrogen and oxygen atoms in total. The average molecular weight is 368 g/mol. The molecule has 10 heteroatoms. The quantitative estimate of drug-likeness (QED) is 0.487. The number of hydrogen-bond acceptors (Lipinski definition) is 7. The van der Waals surface area contributed by atoms with Crippen molar-refractivity contribution in [3.63, 3.8) is 0 Å². The zero-order valence-electron chi connectivity index (χ0n) is 14.0. The van der Waals surface area contributed by atoms with Gasteiger partial charge in [-0.2, -0.15) is 0 Å². The number of hydrogen-bond donors (Lipinski definition) is 1. The van der Waals surface area contributed by atoms with Crippen LogP contribution in [0.5, 0.6) is 0 Å². The Labute approximate surface area is 151 Å². The first-order chi connectivity index (χ1) is 12.8. The zero-order chi connectivity index (χ0) is 19.7. The van der Waals surface area contributed by atoms with Gasteiger partial charge < -0.3 is 5.32 Å². The minimum absolute atomic E-state index is 0.0713. The summed E-state index contributed by atoms with van der Waals surface area (Å²) in [5.41, 5.74) is 0.740. The van der Waals surface area contributed by atoms with Crippen molar-refractivity contribution in [3.8, 4) is 0 Å². The molecule has 0 radical (unpaired) electrons. The SMILES string of the molecule is Cc1ccc2c(c1)C(=NCC(=O)c1cc([N+](=O)[O-])cc([N+](=O)[O-])c1)C(=O)N2. The number of aryl methyl sites for hydroxylation is 1. The summed E-state index contributed by atoms with van der Waals surface area (Å²) in [6.07, 6.45) is 0. The second-order valence-corrected chi connectivity index (χ2v) is 5.84. The molecule has 1 heterocycles. The van der Waals surface area contributed by atoms with E-state index in [2.05, 4.69) is 10.3 Å². The third-order valence-electron chi connectivity index (χ3n) is 3.92. The van der Waals surface area contributed by atoms with E-state index < -0.39 is 39.5 Å². The minimum Gasteiger partial charge on any atom is -0.320 e. The molecular weight excluding hydrogens is 356 g/mol. The number of anilines is 1. The number of Topliss-reactive ketones (excluding diaryl/α,β-unsaturated/α-hetero) is 1. The van der Waals surface area contributed by atoms with Gasteiger partial charge in [0.2, 0.25) is 0 Å². The fourth-order valence-electron chi connectivity index (χ4n) is 2.63. The van der Waals surface area contributed by atoms with E-state index in [0.717, 1.165) is 23.8 Å². The summed E-state index contributed by atoms with van der Waals surface area (Å²) >= 11 is 0. The Bertz CT molecular complexity index is 1010. The van der Waals surface area contributed by atoms with Gasteiger partial charge in [0, 0.05) is 23.3 Å². The lowest BCUT2D eigenvalue weighted by atomic mass is 10.1. The van der Waals surface area contributed by atoms with E-state index in [-0.39, 0.29) is 11.3 Å². The highest BCUT2D eigenvalue weighted by Gasteiger charge is 2.26. The topological polar surface area (TPSA) is 145 Å². The normalized spacial score (nSPS) is 14.0. The number of fused-ring (bicyclic) bond motifs is 1. The number of nitrogens with zero attached hydrogens (tertiary/aromatic N) is 3. The number of rotatable bonds is 5. The van der Waals surface area contributed by atoms with Crippen LogP contribution in [0.2, 0.25) is 0 Å². The van der Waals surface area contributed by atoms with E-state index in [1.165, 1.54) is 0 Å². The Morgan fingerprint density at radius 2 is 1.70 bits per heavy atom. The van der Waals surface area contributed by atoms with Crippen LogP contribution in [0.15, 0.2) is 41.4 Å². The van der Waals surface area contributed by atoms with E-state index in [1.807, 2.05) is 13.0 Å². The van der Waals surface area contributed by atoms with Gasteiger partial charge in [0.15, 0.2) is 5.78 Å². The molecule has 1 amide bonds. The van der Waals surface area contributed by atoms with Gasteiger partial charge in [-0.05, 0) is 19.1 Å². The molecule has 0 bridgehead atoms. The molecule has 0 aromatic heterocycles. The third-order valence-corrected chi connectivity index (χ3v) is 3.92. The fourth-order valence-corrected chi connectivity index (χ4v) is 2.63. The molecule has 27 heavy (non-hydrogen) atoms. The Morgan fingerprint density at radius 3 is 2.30 bits per heavy atom. The maximum atomic E-state index is 12.4. The molecule has 1 aliphatic heterocycles. The molecule has 0 spiro atoms. The first-order valence-corrected chi connectivity index (χ1v) is 7.70. The Morgan fingerprint density at radius 1 is 1.07 bits per heavy atom. The van der Waals surface area contributed by atoms with E-state index >= 15 is 0 Å². The molecule has 0 aliphatic carbocycles. The largest absolute Gasteiger partial charge is 0.320 e. The van der Waals surface area contributed by atoms with Crippen molar-refractivity contribution in [3.05, 3.63) is 73.3 Å². The molecule has 3 rings (SSSR count). The van der Waals surface area contributed by atoms with E-state index in [1.54, 1.807) is 12.1 Å². The maximum Gasteiger partial charge on any atom is 0.277 e. The van der Waals surface area contributed by atoms with Gasteiger partial charge in [-0.3, -0.25) is 34.8 Å². The lowest BCUT2D eigenvalue weighted by Gasteiger charge is -2.01. The number of amides is 1. The number of ketones is 1. The summed E-state index contributed by atoms with van der Waals surface area (Å²) in [5, 5.41) is 24.5. The van der Waals surface area contributed by atoms with Crippen LogP contribution in [0.1, 0.15) is 21.5 Å². The van der Waals surface area contributed by atoms with Crippen LogP contribution in [0.25, 0.3) is 0 Å². The standard InChI is InChI=1S/C17H12N4O6/c1-9-2-3-14-13(4-9)16(17(23)19-14)18-8-15(22)10-5-11(20(24)25)7-12(6-10)21(26)27/h2-7H,8H2,1H3,(H,18,19,23). The van der Waals surface area contributed by atoms with Crippen LogP contribution in [-0.2, 0) is 4.79 Å². The highest BCUT2D eigenvalue weighted by atomic mass is 16.6. The Balaban J connectivity index is 1.92. The number of nitrogens with one attached hydrogen (secondary N) is 1. The van der Waals surface area contributed by atoms with Crippen molar-refractivity contribution in [1.29, 1.82) is 0 Å². The monoisotopic (exact) mass is 368 g/mol. The predicted molar refractivity (Wildman–Crippen MR) is 95.3 cm³/mol. The van der Waals surface area contributed by atoms with Gasteiger partial charge in [0.25, 0.3) is 17.3 Å². The summed E-state index contributed by atoms with van der Waals surface area (Å²) in [6.45, 7) is 1.36. The minimum atomic E-state index is -0.820. The zero-order valence-corrected chi connectivity index (χ0v) is 14.0. The van der Waals surface area contributed by atoms with Gasteiger partial charge in [-0.25, -0.2) is 0 Å². The number of nitro groups is 2. The highest BCUT2D eigenvalue weighted by Crippen LogP contribution is 2.25. The second-order valence-electron chi connectivity index (χ2n) is 5.84. The van der Waals surface area contributed by atoms with E-state index in [9.17, 15) is 29.8 Å². The number of aliphatic imine (C=N–C) groups is 1. The van der Waals surface area contributed by atoms with Crippen LogP contribution in [-0.4, -0.2) is 33.8 Å². The summed E-state index contributed by atoms with van der Waals surface area (Å²) in [4.78, 5) is 48.6. The number of carbonyl (C=O) groups is 2. The molecule has 0 saturated carbocycles. The second kappa shape index (κ2) is 6.75. The third kappa shape index (κ3) is 3.54. The number of nitro benzene ring substituents is 2. The molecule has 1 aliphatic rings. The van der Waals surface area contributed by atoms with Gasteiger partial charge in [-0.1, -0.05) is 11.6 Å². The van der Waals surface area contributed by atoms with Crippen LogP contribution in [0, 0.1) is 27.2 Å². The molecule has 2 aromatic rings. The Hall–Kier alpha value is -3.95. The van der Waals surface area contributed by atoms with Crippen molar-refractivity contribution in [2.75, 3.05) is 11.9 Å². The number of non-ortho nitro benzene ring substituents is 2. The summed E-state index contributed by atoms with van der Waals surface area (Å²) in [7, 11) is 0. The van der Waals surface area contributed by atoms with Crippen LogP contribution in [0.3, 0.4) is 0 Å². The van der Waals surface area contributed by atoms with Crippen LogP contribution in [0.4, 0.5) is 17.1 Å². The summed E-state index contributed by atoms with van der Waals surface area (Å²) < 4.78 is 0. The van der Waals surface area contributed by atoms with Crippen molar-refractivity contribution in [2.45, 2.75) is 6.92 Å². The number of benzene rings is 2. The van der Waals surface area contributed by atoms with Gasteiger partial charge >= 0.3 is 0 Å². The molecular formula is C17H12N4O6. The summed E-state index contributed by atoms with van der Waals surface area (Å²) in [5.74, 6) is -1.14. The van der Waals surface area contributed by atoms with Crippen molar-refractivity contribution >= 4 is 34.5 Å². The maximum absolute atomic E-state index is 12.4. The Kier molecular flexibility index (Phi) is 4.46. The lowest BCUT2D eigenvalue weighted by Crippen LogP contribution is -2.16. The lowest BCUT2D eigenvalue weighted by molar-refractivity contribution is -0.394. The summed E-state index contributed by atoms with van der Waals surface area (Å²) in [6, 6.07) is 7.94. The van der Waals surface area contributed by atoms with E-state index in [4.69, 9.17) is 0 Å². The number of carbonyl (C=O) groups excluding carboxylic acids is 2. The van der Waals surface area contributed by atoms with Crippen molar-refractivity contribution in [2.24, 2.45) is 4.99 Å². The van der Waals surface area contributed by atoms with Crippen molar-refractivity contribution in [1.82, 2.24) is 0 Å². The molecule has 2 aromatic carbocycles. The molecule has 0 saturated heterocycles. The van der Waals surface area contributed by atoms with Gasteiger partial charge in [0.1, 0.15) is 12.3 Å². The first kappa shape index (κ1) is 17.9. The molecule has 0 atom stereocenters. The van der Waals surface area contributed by atoms with Crippen molar-refractivity contribution < 1.29 is 19.4 Å². The molecule has 136 valence electrons. The smallest absolute Gasteiger partial charge is 0.277 e. The molecule has 0 unspecified atom stereocenters. The first-order valence-electron chi connectivity index (χ1n) is 7.70. The highest BCUT2D eigenvalue weighted by molar-refractivity contribution is 6.54. The predicted octanol–water partition coefficient (Wildman–Crippen LogP) is 2.44. The average Bonchev–Trinajstić information content (AvgIpc) is 2.93.